The van der Waals surface area contributed by atoms with Crippen LogP contribution in [0.4, 0.5) is 0 Å². The molecule has 0 fully saturated rings. The molecule has 140 valence electrons. The third-order valence-corrected chi connectivity index (χ3v) is 4.87. The summed E-state index contributed by atoms with van der Waals surface area (Å²) in [5.74, 6) is 0. The Hall–Kier alpha value is -3.44. The molecule has 3 aromatic carbocycles. The topological polar surface area (TPSA) is 71.0 Å². The van der Waals surface area contributed by atoms with E-state index in [0.29, 0.717) is 18.7 Å². The van der Waals surface area contributed by atoms with Gasteiger partial charge in [-0.05, 0) is 41.8 Å². The molecule has 5 heteroatoms. The van der Waals surface area contributed by atoms with Gasteiger partial charge in [0, 0.05) is 12.0 Å². The fraction of sp³-hybridized carbons (Fsp3) is 0.130. The van der Waals surface area contributed by atoms with Gasteiger partial charge in [0.15, 0.2) is 0 Å². The lowest BCUT2D eigenvalue weighted by Gasteiger charge is -2.16. The van der Waals surface area contributed by atoms with Crippen molar-refractivity contribution in [2.24, 2.45) is 0 Å². The highest BCUT2D eigenvalue weighted by molar-refractivity contribution is 5.78. The van der Waals surface area contributed by atoms with E-state index in [2.05, 4.69) is 0 Å². The van der Waals surface area contributed by atoms with Crippen LogP contribution in [0.1, 0.15) is 11.1 Å². The van der Waals surface area contributed by atoms with Gasteiger partial charge in [-0.3, -0.25) is 9.98 Å². The highest BCUT2D eigenvalue weighted by Gasteiger charge is 2.12. The monoisotopic (exact) mass is 371 g/mol. The highest BCUT2D eigenvalue weighted by Crippen LogP contribution is 2.13. The van der Waals surface area contributed by atoms with Crippen LogP contribution in [0.5, 0.6) is 0 Å². The zero-order valence-electron chi connectivity index (χ0n) is 15.4. The van der Waals surface area contributed by atoms with Gasteiger partial charge in [-0.2, -0.15) is 0 Å². The van der Waals surface area contributed by atoms with Crippen LogP contribution < -0.4 is 11.2 Å². The number of nitrogens with zero attached hydrogens (tertiary/aromatic N) is 2. The molecule has 0 radical (unpaired) electrons. The molecule has 0 aliphatic carbocycles. The average molecular weight is 371 g/mol. The molecule has 2 N–H and O–H groups in total. The zero-order chi connectivity index (χ0) is 19.5. The van der Waals surface area contributed by atoms with Crippen molar-refractivity contribution < 1.29 is 5.11 Å². The third-order valence-electron chi connectivity index (χ3n) is 4.87. The van der Waals surface area contributed by atoms with Gasteiger partial charge in [-0.25, -0.2) is 9.36 Å². The number of nitrogens with one attached hydrogen (secondary N) is 1. The number of aliphatic hydroxyl groups is 1. The van der Waals surface area contributed by atoms with Crippen LogP contribution in [0, 0.1) is 5.41 Å². The first-order valence-corrected chi connectivity index (χ1v) is 9.22. The lowest BCUT2D eigenvalue weighted by Crippen LogP contribution is -2.39. The summed E-state index contributed by atoms with van der Waals surface area (Å²) >= 11 is 0. The summed E-state index contributed by atoms with van der Waals surface area (Å²) < 4.78 is 3.15. The van der Waals surface area contributed by atoms with Crippen LogP contribution in [-0.4, -0.2) is 20.8 Å². The second kappa shape index (κ2) is 7.66. The quantitative estimate of drug-likeness (QED) is 0.566. The van der Waals surface area contributed by atoms with Gasteiger partial charge in [0.05, 0.1) is 17.7 Å². The molecule has 0 bridgehead atoms. The van der Waals surface area contributed by atoms with Crippen molar-refractivity contribution in [2.45, 2.75) is 13.0 Å². The number of para-hydroxylation sites is 1. The molecule has 5 nitrogen and oxygen atoms in total. The van der Waals surface area contributed by atoms with E-state index in [1.807, 2.05) is 78.9 Å². The maximum Gasteiger partial charge on any atom is 0.335 e. The first-order valence-electron chi connectivity index (χ1n) is 9.22. The standard InChI is InChI=1S/C23H21N3O2/c24-22-20-8-4-5-9-21(20)25(16-18-6-2-1-3-7-18)23(28)26(22)19-12-10-17(11-13-19)14-15-27/h1-13,24,27H,14-16H2. The van der Waals surface area contributed by atoms with Gasteiger partial charge >= 0.3 is 5.69 Å². The molecule has 0 atom stereocenters. The fourth-order valence-corrected chi connectivity index (χ4v) is 3.45. The van der Waals surface area contributed by atoms with Crippen molar-refractivity contribution in [3.63, 3.8) is 0 Å². The molecule has 28 heavy (non-hydrogen) atoms. The van der Waals surface area contributed by atoms with E-state index in [0.717, 1.165) is 22.0 Å². The minimum absolute atomic E-state index is 0.0794. The summed E-state index contributed by atoms with van der Waals surface area (Å²) in [7, 11) is 0. The molecular formula is C23H21N3O2. The minimum atomic E-state index is -0.248. The van der Waals surface area contributed by atoms with Gasteiger partial charge in [-0.1, -0.05) is 54.6 Å². The van der Waals surface area contributed by atoms with Crippen LogP contribution >= 0.6 is 0 Å². The number of fused-ring (bicyclic) bond motifs is 1. The van der Waals surface area contributed by atoms with Crippen molar-refractivity contribution in [2.75, 3.05) is 6.61 Å². The van der Waals surface area contributed by atoms with E-state index in [9.17, 15) is 4.79 Å². The number of aromatic nitrogens is 2. The van der Waals surface area contributed by atoms with Crippen molar-refractivity contribution in [1.29, 1.82) is 5.41 Å². The second-order valence-corrected chi connectivity index (χ2v) is 6.70. The molecule has 0 spiro atoms. The predicted molar refractivity (Wildman–Crippen MR) is 110 cm³/mol. The number of hydrogen-bond acceptors (Lipinski definition) is 3. The van der Waals surface area contributed by atoms with Crippen LogP contribution in [0.3, 0.4) is 0 Å². The van der Waals surface area contributed by atoms with Crippen molar-refractivity contribution in [3.8, 4) is 5.69 Å². The molecule has 0 saturated carbocycles. The number of rotatable bonds is 5. The van der Waals surface area contributed by atoms with E-state index in [4.69, 9.17) is 10.5 Å². The van der Waals surface area contributed by atoms with E-state index >= 15 is 0 Å². The van der Waals surface area contributed by atoms with Gasteiger partial charge in [-0.15, -0.1) is 0 Å². The Bertz CT molecular complexity index is 1220. The Labute approximate surface area is 162 Å². The maximum absolute atomic E-state index is 13.4. The van der Waals surface area contributed by atoms with Crippen molar-refractivity contribution in [3.05, 3.63) is 106 Å². The predicted octanol–water partition coefficient (Wildman–Crippen LogP) is 2.85. The SMILES string of the molecule is N=c1c2ccccc2n(Cc2ccccc2)c(=O)n1-c1ccc(CCO)cc1. The molecule has 0 unspecified atom stereocenters. The summed E-state index contributed by atoms with van der Waals surface area (Å²) in [5.41, 5.74) is 3.32. The van der Waals surface area contributed by atoms with Crippen molar-refractivity contribution >= 4 is 10.9 Å². The normalized spacial score (nSPS) is 11.0. The Morgan fingerprint density at radius 2 is 1.50 bits per heavy atom. The number of benzene rings is 3. The number of aliphatic hydroxyl groups excluding tert-OH is 1. The lowest BCUT2D eigenvalue weighted by atomic mass is 10.1. The third kappa shape index (κ3) is 3.28. The van der Waals surface area contributed by atoms with Crippen molar-refractivity contribution in [1.82, 2.24) is 9.13 Å². The Kier molecular flexibility index (Phi) is 4.91. The van der Waals surface area contributed by atoms with Crippen LogP contribution in [0.25, 0.3) is 16.6 Å². The molecule has 0 amide bonds. The van der Waals surface area contributed by atoms with Crippen LogP contribution in [-0.2, 0) is 13.0 Å². The fourth-order valence-electron chi connectivity index (χ4n) is 3.45. The molecule has 4 rings (SSSR count). The largest absolute Gasteiger partial charge is 0.396 e. The van der Waals surface area contributed by atoms with Crippen LogP contribution in [0.2, 0.25) is 0 Å². The summed E-state index contributed by atoms with van der Waals surface area (Å²) in [6.07, 6.45) is 0.564. The van der Waals surface area contributed by atoms with Gasteiger partial charge in [0.2, 0.25) is 0 Å². The average Bonchev–Trinajstić information content (AvgIpc) is 2.73. The van der Waals surface area contributed by atoms with E-state index in [1.54, 1.807) is 4.57 Å². The zero-order valence-corrected chi connectivity index (χ0v) is 15.4. The molecule has 0 saturated heterocycles. The van der Waals surface area contributed by atoms with Gasteiger partial charge in [0.1, 0.15) is 5.49 Å². The summed E-state index contributed by atoms with van der Waals surface area (Å²) in [6, 6.07) is 24.8. The molecule has 0 aliphatic rings. The Balaban J connectivity index is 1.94. The summed E-state index contributed by atoms with van der Waals surface area (Å²) in [5, 5.41) is 18.5. The molecule has 4 aromatic rings. The molecular weight excluding hydrogens is 350 g/mol. The summed E-state index contributed by atoms with van der Waals surface area (Å²) in [6.45, 7) is 0.513. The lowest BCUT2D eigenvalue weighted by molar-refractivity contribution is 0.299. The second-order valence-electron chi connectivity index (χ2n) is 6.70. The smallest absolute Gasteiger partial charge is 0.335 e. The van der Waals surface area contributed by atoms with E-state index < -0.39 is 0 Å². The number of hydrogen-bond donors (Lipinski definition) is 2. The van der Waals surface area contributed by atoms with Gasteiger partial charge < -0.3 is 5.11 Å². The van der Waals surface area contributed by atoms with Crippen LogP contribution in [0.15, 0.2) is 83.7 Å². The molecule has 1 aromatic heterocycles. The summed E-state index contributed by atoms with van der Waals surface area (Å²) in [4.78, 5) is 13.4. The molecule has 0 aliphatic heterocycles. The van der Waals surface area contributed by atoms with Gasteiger partial charge in [0.25, 0.3) is 0 Å². The Morgan fingerprint density at radius 1 is 0.821 bits per heavy atom. The first kappa shape index (κ1) is 17.9. The Morgan fingerprint density at radius 3 is 2.21 bits per heavy atom. The minimum Gasteiger partial charge on any atom is -0.396 e. The van der Waals surface area contributed by atoms with E-state index in [1.165, 1.54) is 4.57 Å². The molecule has 1 heterocycles. The maximum atomic E-state index is 13.4. The van der Waals surface area contributed by atoms with E-state index in [-0.39, 0.29) is 17.8 Å². The first-order chi connectivity index (χ1) is 13.7. The highest BCUT2D eigenvalue weighted by atomic mass is 16.3.